The average Bonchev–Trinajstić information content (AvgIpc) is 2.12. The van der Waals surface area contributed by atoms with Gasteiger partial charge in [-0.2, -0.15) is 0 Å². The minimum atomic E-state index is 1.06. The number of allylic oxidation sites excluding steroid dienone is 2. The fourth-order valence-electron chi connectivity index (χ4n) is 2.18. The van der Waals surface area contributed by atoms with E-state index in [1.807, 2.05) is 0 Å². The summed E-state index contributed by atoms with van der Waals surface area (Å²) < 4.78 is 0. The quantitative estimate of drug-likeness (QED) is 0.577. The molecule has 1 aliphatic carbocycles. The summed E-state index contributed by atoms with van der Waals surface area (Å²) in [6.07, 6.45) is 3.52. The first-order valence-corrected chi connectivity index (χ1v) is 5.31. The molecule has 0 saturated carbocycles. The van der Waals surface area contributed by atoms with Crippen LogP contribution in [-0.2, 0) is 0 Å². The van der Waals surface area contributed by atoms with Crippen LogP contribution in [0.4, 0.5) is 0 Å². The van der Waals surface area contributed by atoms with Gasteiger partial charge in [-0.3, -0.25) is 0 Å². The molecule has 0 fully saturated rings. The van der Waals surface area contributed by atoms with Crippen LogP contribution < -0.4 is 0 Å². The van der Waals surface area contributed by atoms with Crippen molar-refractivity contribution in [3.8, 4) is 0 Å². The topological polar surface area (TPSA) is 3.24 Å². The van der Waals surface area contributed by atoms with Gasteiger partial charge in [-0.25, -0.2) is 0 Å². The third kappa shape index (κ3) is 1.68. The number of likely N-dealkylation sites (N-methyl/N-ethyl adjacent to an activating group) is 1. The van der Waals surface area contributed by atoms with Gasteiger partial charge >= 0.3 is 0 Å². The third-order valence-corrected chi connectivity index (χ3v) is 3.62. The molecule has 13 heavy (non-hydrogen) atoms. The van der Waals surface area contributed by atoms with Crippen molar-refractivity contribution in [2.75, 3.05) is 20.1 Å². The number of nitrogens with zero attached hydrogens (tertiary/aromatic N) is 1. The van der Waals surface area contributed by atoms with Gasteiger partial charge in [0.25, 0.3) is 0 Å². The van der Waals surface area contributed by atoms with Gasteiger partial charge in [0.15, 0.2) is 0 Å². The molecule has 0 aromatic rings. The zero-order chi connectivity index (χ0) is 9.42. The predicted molar refractivity (Wildman–Crippen MR) is 56.9 cm³/mol. The van der Waals surface area contributed by atoms with Crippen molar-refractivity contribution in [3.63, 3.8) is 0 Å². The SMILES string of the molecule is CC1=C(Cl)C2=C(CC1)CN(C)CC2. The van der Waals surface area contributed by atoms with Gasteiger partial charge < -0.3 is 4.90 Å². The highest BCUT2D eigenvalue weighted by atomic mass is 35.5. The number of rotatable bonds is 0. The van der Waals surface area contributed by atoms with E-state index in [2.05, 4.69) is 18.9 Å². The molecular formula is C11H16ClN. The Labute approximate surface area is 85.1 Å². The van der Waals surface area contributed by atoms with E-state index in [9.17, 15) is 0 Å². The maximum atomic E-state index is 6.29. The van der Waals surface area contributed by atoms with Crippen LogP contribution >= 0.6 is 11.6 Å². The van der Waals surface area contributed by atoms with Crippen LogP contribution in [0.2, 0.25) is 0 Å². The van der Waals surface area contributed by atoms with E-state index in [0.717, 1.165) is 31.0 Å². The van der Waals surface area contributed by atoms with Gasteiger partial charge in [0.2, 0.25) is 0 Å². The first-order chi connectivity index (χ1) is 6.18. The summed E-state index contributed by atoms with van der Waals surface area (Å²) in [4.78, 5) is 2.38. The van der Waals surface area contributed by atoms with E-state index in [1.54, 1.807) is 5.57 Å². The van der Waals surface area contributed by atoms with Crippen molar-refractivity contribution >= 4 is 11.6 Å². The first kappa shape index (κ1) is 9.29. The highest BCUT2D eigenvalue weighted by Gasteiger charge is 2.22. The van der Waals surface area contributed by atoms with Crippen LogP contribution in [0.15, 0.2) is 21.8 Å². The molecule has 0 saturated heterocycles. The Balaban J connectivity index is 2.31. The molecule has 2 rings (SSSR count). The smallest absolute Gasteiger partial charge is 0.0427 e. The van der Waals surface area contributed by atoms with E-state index >= 15 is 0 Å². The van der Waals surface area contributed by atoms with Crippen LogP contribution in [0.3, 0.4) is 0 Å². The van der Waals surface area contributed by atoms with E-state index in [1.165, 1.54) is 17.6 Å². The summed E-state index contributed by atoms with van der Waals surface area (Å²) in [6, 6.07) is 0. The largest absolute Gasteiger partial charge is 0.302 e. The van der Waals surface area contributed by atoms with Crippen LogP contribution in [0, 0.1) is 0 Å². The highest BCUT2D eigenvalue weighted by molar-refractivity contribution is 6.32. The van der Waals surface area contributed by atoms with Gasteiger partial charge in [0.1, 0.15) is 0 Å². The maximum absolute atomic E-state index is 6.29. The monoisotopic (exact) mass is 197 g/mol. The molecule has 1 aliphatic heterocycles. The second-order valence-corrected chi connectivity index (χ2v) is 4.54. The van der Waals surface area contributed by atoms with Gasteiger partial charge in [0, 0.05) is 18.1 Å². The van der Waals surface area contributed by atoms with Crippen molar-refractivity contribution in [3.05, 3.63) is 21.8 Å². The lowest BCUT2D eigenvalue weighted by atomic mass is 9.88. The van der Waals surface area contributed by atoms with Crippen molar-refractivity contribution in [2.45, 2.75) is 26.2 Å². The normalized spacial score (nSPS) is 25.2. The molecule has 0 bridgehead atoms. The molecule has 2 aliphatic rings. The molecular weight excluding hydrogens is 182 g/mol. The van der Waals surface area contributed by atoms with Gasteiger partial charge in [-0.05, 0) is 38.8 Å². The maximum Gasteiger partial charge on any atom is 0.0427 e. The molecule has 0 spiro atoms. The van der Waals surface area contributed by atoms with Crippen LogP contribution in [0.1, 0.15) is 26.2 Å². The van der Waals surface area contributed by atoms with E-state index in [-0.39, 0.29) is 0 Å². The van der Waals surface area contributed by atoms with Crippen molar-refractivity contribution in [1.82, 2.24) is 4.90 Å². The molecule has 2 heteroatoms. The van der Waals surface area contributed by atoms with Crippen LogP contribution in [0.25, 0.3) is 0 Å². The number of hydrogen-bond donors (Lipinski definition) is 0. The molecule has 0 aromatic carbocycles. The molecule has 1 nitrogen and oxygen atoms in total. The zero-order valence-electron chi connectivity index (χ0n) is 8.36. The molecule has 1 heterocycles. The molecule has 0 atom stereocenters. The fourth-order valence-corrected chi connectivity index (χ4v) is 2.50. The average molecular weight is 198 g/mol. The Morgan fingerprint density at radius 1 is 1.23 bits per heavy atom. The van der Waals surface area contributed by atoms with Gasteiger partial charge in [0.05, 0.1) is 0 Å². The summed E-state index contributed by atoms with van der Waals surface area (Å²) >= 11 is 6.29. The Bertz CT molecular complexity index is 288. The van der Waals surface area contributed by atoms with E-state index in [4.69, 9.17) is 11.6 Å². The van der Waals surface area contributed by atoms with Crippen LogP contribution in [-0.4, -0.2) is 25.0 Å². The third-order valence-electron chi connectivity index (χ3n) is 3.07. The Morgan fingerprint density at radius 3 is 2.77 bits per heavy atom. The van der Waals surface area contributed by atoms with Gasteiger partial charge in [-0.15, -0.1) is 0 Å². The summed E-state index contributed by atoms with van der Waals surface area (Å²) in [5, 5.41) is 1.06. The first-order valence-electron chi connectivity index (χ1n) is 4.93. The highest BCUT2D eigenvalue weighted by Crippen LogP contribution is 2.36. The fraction of sp³-hybridized carbons (Fsp3) is 0.636. The second-order valence-electron chi connectivity index (χ2n) is 4.16. The summed E-state index contributed by atoms with van der Waals surface area (Å²) in [5.41, 5.74) is 4.40. The minimum Gasteiger partial charge on any atom is -0.302 e. The zero-order valence-corrected chi connectivity index (χ0v) is 9.12. The predicted octanol–water partition coefficient (Wildman–Crippen LogP) is 2.93. The molecule has 0 N–H and O–H groups in total. The van der Waals surface area contributed by atoms with Crippen molar-refractivity contribution < 1.29 is 0 Å². The molecule has 0 amide bonds. The lowest BCUT2D eigenvalue weighted by Crippen LogP contribution is -2.29. The lowest BCUT2D eigenvalue weighted by Gasteiger charge is -2.31. The van der Waals surface area contributed by atoms with Crippen molar-refractivity contribution in [2.24, 2.45) is 0 Å². The van der Waals surface area contributed by atoms with E-state index in [0.29, 0.717) is 0 Å². The molecule has 72 valence electrons. The molecule has 0 aromatic heterocycles. The summed E-state index contributed by atoms with van der Waals surface area (Å²) in [6.45, 7) is 4.44. The lowest BCUT2D eigenvalue weighted by molar-refractivity contribution is 0.343. The molecule has 0 radical (unpaired) electrons. The van der Waals surface area contributed by atoms with Gasteiger partial charge in [-0.1, -0.05) is 22.7 Å². The summed E-state index contributed by atoms with van der Waals surface area (Å²) in [7, 11) is 2.18. The van der Waals surface area contributed by atoms with Crippen molar-refractivity contribution in [1.29, 1.82) is 0 Å². The minimum absolute atomic E-state index is 1.06. The number of halogens is 1. The Morgan fingerprint density at radius 2 is 2.00 bits per heavy atom. The molecule has 0 unspecified atom stereocenters. The second kappa shape index (κ2) is 3.47. The van der Waals surface area contributed by atoms with E-state index < -0.39 is 0 Å². The Hall–Kier alpha value is -0.270. The van der Waals surface area contributed by atoms with Crippen LogP contribution in [0.5, 0.6) is 0 Å². The standard InChI is InChI=1S/C11H16ClN/c1-8-3-4-9-7-13(2)6-5-10(9)11(8)12/h3-7H2,1-2H3. The Kier molecular flexibility index (Phi) is 2.48. The summed E-state index contributed by atoms with van der Waals surface area (Å²) in [5.74, 6) is 0. The number of hydrogen-bond acceptors (Lipinski definition) is 1.